The lowest BCUT2D eigenvalue weighted by atomic mass is 10.1. The van der Waals surface area contributed by atoms with Gasteiger partial charge in [-0.25, -0.2) is 9.97 Å². The summed E-state index contributed by atoms with van der Waals surface area (Å²) in [6.45, 7) is 6.96. The first-order valence-corrected chi connectivity index (χ1v) is 11.4. The van der Waals surface area contributed by atoms with Gasteiger partial charge in [0.05, 0.1) is 24.9 Å². The summed E-state index contributed by atoms with van der Waals surface area (Å²) in [7, 11) is 0. The van der Waals surface area contributed by atoms with Crippen molar-refractivity contribution >= 4 is 5.97 Å². The predicted molar refractivity (Wildman–Crippen MR) is 121 cm³/mol. The molecule has 0 saturated carbocycles. The summed E-state index contributed by atoms with van der Waals surface area (Å²) in [6, 6.07) is 7.30. The maximum absolute atomic E-state index is 12.1. The number of unbranched alkanes of at least 4 members (excludes halogenated alkanes) is 6. The van der Waals surface area contributed by atoms with Gasteiger partial charge in [0.25, 0.3) is 0 Å². The maximum atomic E-state index is 12.1. The van der Waals surface area contributed by atoms with Crippen molar-refractivity contribution in [3.05, 3.63) is 36.7 Å². The highest BCUT2D eigenvalue weighted by Gasteiger charge is 2.14. The summed E-state index contributed by atoms with van der Waals surface area (Å²) in [4.78, 5) is 20.9. The van der Waals surface area contributed by atoms with E-state index in [0.29, 0.717) is 23.9 Å². The second-order valence-electron chi connectivity index (χ2n) is 7.85. The first-order chi connectivity index (χ1) is 14.6. The van der Waals surface area contributed by atoms with Crippen LogP contribution in [0.2, 0.25) is 0 Å². The SMILES string of the molecule is CCCCCCCCOc1cnc(-c2ccc(OC(=O)[C@@H](C)CCCC)cc2)nc1. The van der Waals surface area contributed by atoms with E-state index in [4.69, 9.17) is 9.47 Å². The Morgan fingerprint density at radius 1 is 0.867 bits per heavy atom. The molecule has 0 fully saturated rings. The molecule has 0 bridgehead atoms. The van der Waals surface area contributed by atoms with Gasteiger partial charge >= 0.3 is 5.97 Å². The van der Waals surface area contributed by atoms with Crippen molar-refractivity contribution in [1.82, 2.24) is 9.97 Å². The van der Waals surface area contributed by atoms with E-state index in [2.05, 4.69) is 23.8 Å². The molecule has 0 aliphatic carbocycles. The molecule has 30 heavy (non-hydrogen) atoms. The molecule has 0 N–H and O–H groups in total. The molecule has 0 unspecified atom stereocenters. The van der Waals surface area contributed by atoms with Gasteiger partial charge in [0.2, 0.25) is 0 Å². The van der Waals surface area contributed by atoms with Crippen LogP contribution in [0.4, 0.5) is 0 Å². The number of esters is 1. The van der Waals surface area contributed by atoms with E-state index < -0.39 is 0 Å². The minimum Gasteiger partial charge on any atom is -0.490 e. The third-order valence-corrected chi connectivity index (χ3v) is 5.12. The van der Waals surface area contributed by atoms with Crippen molar-refractivity contribution in [1.29, 1.82) is 0 Å². The summed E-state index contributed by atoms with van der Waals surface area (Å²) < 4.78 is 11.2. The number of nitrogens with zero attached hydrogens (tertiary/aromatic N) is 2. The Labute approximate surface area is 181 Å². The average molecular weight is 413 g/mol. The van der Waals surface area contributed by atoms with Crippen LogP contribution in [-0.4, -0.2) is 22.5 Å². The number of hydrogen-bond acceptors (Lipinski definition) is 5. The Hall–Kier alpha value is -2.43. The summed E-state index contributed by atoms with van der Waals surface area (Å²) in [6.07, 6.45) is 13.8. The van der Waals surface area contributed by atoms with E-state index in [0.717, 1.165) is 31.2 Å². The number of rotatable bonds is 14. The number of hydrogen-bond donors (Lipinski definition) is 0. The largest absolute Gasteiger partial charge is 0.490 e. The number of ether oxygens (including phenoxy) is 2. The van der Waals surface area contributed by atoms with Crippen LogP contribution in [0.5, 0.6) is 11.5 Å². The lowest BCUT2D eigenvalue weighted by molar-refractivity contribution is -0.138. The van der Waals surface area contributed by atoms with Gasteiger partial charge in [0, 0.05) is 5.56 Å². The fraction of sp³-hybridized carbons (Fsp3) is 0.560. The van der Waals surface area contributed by atoms with Crippen LogP contribution in [-0.2, 0) is 4.79 Å². The normalized spacial score (nSPS) is 11.8. The first kappa shape index (κ1) is 23.8. The number of benzene rings is 1. The molecular formula is C25H36N2O3. The Morgan fingerprint density at radius 2 is 1.50 bits per heavy atom. The third kappa shape index (κ3) is 8.52. The molecule has 0 saturated heterocycles. The fourth-order valence-corrected chi connectivity index (χ4v) is 3.13. The van der Waals surface area contributed by atoms with Crippen LogP contribution in [0, 0.1) is 5.92 Å². The van der Waals surface area contributed by atoms with Gasteiger partial charge in [-0.2, -0.15) is 0 Å². The quantitative estimate of drug-likeness (QED) is 0.198. The second-order valence-corrected chi connectivity index (χ2v) is 7.85. The number of aromatic nitrogens is 2. The standard InChI is InChI=1S/C25H36N2O3/c1-4-6-8-9-10-11-17-29-23-18-26-24(27-19-23)21-13-15-22(16-14-21)30-25(28)20(3)12-7-5-2/h13-16,18-20H,4-12,17H2,1-3H3/t20-/m0/s1. The van der Waals surface area contributed by atoms with E-state index in [1.54, 1.807) is 24.5 Å². The van der Waals surface area contributed by atoms with Gasteiger partial charge in [-0.3, -0.25) is 4.79 Å². The van der Waals surface area contributed by atoms with Crippen LogP contribution in [0.25, 0.3) is 11.4 Å². The highest BCUT2D eigenvalue weighted by atomic mass is 16.5. The minimum atomic E-state index is -0.181. The molecule has 0 aliphatic rings. The Kier molecular flexibility index (Phi) is 10.9. The van der Waals surface area contributed by atoms with E-state index in [1.807, 2.05) is 19.1 Å². The predicted octanol–water partition coefficient (Wildman–Crippen LogP) is 6.61. The number of carbonyl (C=O) groups excluding carboxylic acids is 1. The summed E-state index contributed by atoms with van der Waals surface area (Å²) >= 11 is 0. The Balaban J connectivity index is 1.78. The molecule has 2 rings (SSSR count). The molecular weight excluding hydrogens is 376 g/mol. The number of carbonyl (C=O) groups is 1. The van der Waals surface area contributed by atoms with Crippen molar-refractivity contribution in [2.45, 2.75) is 78.6 Å². The van der Waals surface area contributed by atoms with E-state index in [1.165, 1.54) is 32.1 Å². The van der Waals surface area contributed by atoms with E-state index >= 15 is 0 Å². The van der Waals surface area contributed by atoms with Gasteiger partial charge in [-0.1, -0.05) is 65.7 Å². The fourth-order valence-electron chi connectivity index (χ4n) is 3.13. The molecule has 1 heterocycles. The van der Waals surface area contributed by atoms with Gasteiger partial charge in [0.1, 0.15) is 5.75 Å². The monoisotopic (exact) mass is 412 g/mol. The summed E-state index contributed by atoms with van der Waals surface area (Å²) in [5, 5.41) is 0. The van der Waals surface area contributed by atoms with Gasteiger partial charge in [-0.15, -0.1) is 0 Å². The van der Waals surface area contributed by atoms with Gasteiger partial charge in [-0.05, 0) is 37.1 Å². The third-order valence-electron chi connectivity index (χ3n) is 5.12. The van der Waals surface area contributed by atoms with Gasteiger partial charge in [0.15, 0.2) is 11.6 Å². The summed E-state index contributed by atoms with van der Waals surface area (Å²) in [5.41, 5.74) is 0.872. The maximum Gasteiger partial charge on any atom is 0.314 e. The average Bonchev–Trinajstić information content (AvgIpc) is 2.77. The van der Waals surface area contributed by atoms with Crippen molar-refractivity contribution < 1.29 is 14.3 Å². The zero-order valence-electron chi connectivity index (χ0n) is 18.7. The molecule has 1 aromatic heterocycles. The molecule has 0 spiro atoms. The molecule has 0 aliphatic heterocycles. The molecule has 0 radical (unpaired) electrons. The van der Waals surface area contributed by atoms with Crippen LogP contribution in [0.1, 0.15) is 78.6 Å². The van der Waals surface area contributed by atoms with E-state index in [-0.39, 0.29) is 11.9 Å². The molecule has 164 valence electrons. The lowest BCUT2D eigenvalue weighted by Crippen LogP contribution is -2.17. The zero-order chi connectivity index (χ0) is 21.6. The second kappa shape index (κ2) is 13.7. The molecule has 1 atom stereocenters. The molecule has 1 aromatic carbocycles. The van der Waals surface area contributed by atoms with E-state index in [9.17, 15) is 4.79 Å². The zero-order valence-corrected chi connectivity index (χ0v) is 18.7. The minimum absolute atomic E-state index is 0.0863. The van der Waals surface area contributed by atoms with Crippen LogP contribution in [0.15, 0.2) is 36.7 Å². The Bertz CT molecular complexity index is 729. The topological polar surface area (TPSA) is 61.3 Å². The smallest absolute Gasteiger partial charge is 0.314 e. The summed E-state index contributed by atoms with van der Waals surface area (Å²) in [5.74, 6) is 1.59. The van der Waals surface area contributed by atoms with Crippen molar-refractivity contribution in [2.75, 3.05) is 6.61 Å². The molecule has 0 amide bonds. The Morgan fingerprint density at radius 3 is 2.17 bits per heavy atom. The van der Waals surface area contributed by atoms with Crippen molar-refractivity contribution in [3.8, 4) is 22.9 Å². The first-order valence-electron chi connectivity index (χ1n) is 11.4. The lowest BCUT2D eigenvalue weighted by Gasteiger charge is -2.11. The van der Waals surface area contributed by atoms with Crippen molar-refractivity contribution in [3.63, 3.8) is 0 Å². The van der Waals surface area contributed by atoms with Crippen LogP contribution in [0.3, 0.4) is 0 Å². The molecule has 5 heteroatoms. The highest BCUT2D eigenvalue weighted by Crippen LogP contribution is 2.22. The molecule has 2 aromatic rings. The van der Waals surface area contributed by atoms with Crippen molar-refractivity contribution in [2.24, 2.45) is 5.92 Å². The van der Waals surface area contributed by atoms with Gasteiger partial charge < -0.3 is 9.47 Å². The molecule has 5 nitrogen and oxygen atoms in total. The van der Waals surface area contributed by atoms with Crippen LogP contribution < -0.4 is 9.47 Å². The highest BCUT2D eigenvalue weighted by molar-refractivity contribution is 5.75. The van der Waals surface area contributed by atoms with Crippen LogP contribution >= 0.6 is 0 Å².